The Bertz CT molecular complexity index is 669. The molecule has 1 N–H and O–H groups in total. The Morgan fingerprint density at radius 2 is 2.18 bits per heavy atom. The van der Waals surface area contributed by atoms with Crippen LogP contribution >= 0.6 is 0 Å². The number of carbonyl (C=O) groups is 1. The molecule has 22 heavy (non-hydrogen) atoms. The highest BCUT2D eigenvalue weighted by atomic mass is 16.5. The number of nitrogens with zero attached hydrogens (tertiary/aromatic N) is 2. The Hall–Kier alpha value is -2.47. The zero-order chi connectivity index (χ0) is 15.4. The first-order valence-corrected chi connectivity index (χ1v) is 7.15. The lowest BCUT2D eigenvalue weighted by molar-refractivity contribution is 0.102. The van der Waals surface area contributed by atoms with Crippen molar-refractivity contribution in [2.75, 3.05) is 18.5 Å². The molecule has 1 aliphatic rings. The maximum Gasteiger partial charge on any atom is 0.257 e. The van der Waals surface area contributed by atoms with Gasteiger partial charge in [-0.25, -0.2) is 9.97 Å². The van der Waals surface area contributed by atoms with E-state index < -0.39 is 0 Å². The van der Waals surface area contributed by atoms with E-state index >= 15 is 0 Å². The molecule has 0 radical (unpaired) electrons. The minimum atomic E-state index is -0.243. The molecule has 2 aromatic heterocycles. The van der Waals surface area contributed by atoms with Crippen LogP contribution in [0.25, 0.3) is 0 Å². The summed E-state index contributed by atoms with van der Waals surface area (Å²) in [6.07, 6.45) is 4.06. The number of pyridine rings is 2. The first kappa shape index (κ1) is 14.5. The average molecular weight is 299 g/mol. The van der Waals surface area contributed by atoms with Crippen LogP contribution in [0.1, 0.15) is 22.3 Å². The Labute approximate surface area is 128 Å². The smallest absolute Gasteiger partial charge is 0.257 e. The van der Waals surface area contributed by atoms with Crippen molar-refractivity contribution in [1.82, 2.24) is 9.97 Å². The van der Waals surface area contributed by atoms with Gasteiger partial charge >= 0.3 is 0 Å². The normalized spacial score (nSPS) is 17.2. The van der Waals surface area contributed by atoms with E-state index in [9.17, 15) is 4.79 Å². The van der Waals surface area contributed by atoms with E-state index in [0.717, 1.165) is 12.0 Å². The fraction of sp³-hybridized carbons (Fsp3) is 0.312. The highest BCUT2D eigenvalue weighted by molar-refractivity contribution is 6.03. The summed E-state index contributed by atoms with van der Waals surface area (Å²) in [6, 6.07) is 6.96. The van der Waals surface area contributed by atoms with Gasteiger partial charge in [-0.15, -0.1) is 0 Å². The minimum absolute atomic E-state index is 0.00394. The van der Waals surface area contributed by atoms with E-state index in [1.165, 1.54) is 0 Å². The molecule has 1 aliphatic heterocycles. The second kappa shape index (κ2) is 6.53. The number of anilines is 1. The zero-order valence-electron chi connectivity index (χ0n) is 12.3. The van der Waals surface area contributed by atoms with Gasteiger partial charge in [-0.1, -0.05) is 0 Å². The van der Waals surface area contributed by atoms with Crippen LogP contribution in [-0.4, -0.2) is 35.2 Å². The number of nitrogens with one attached hydrogen (secondary N) is 1. The molecular weight excluding hydrogens is 282 g/mol. The van der Waals surface area contributed by atoms with Gasteiger partial charge in [0.25, 0.3) is 5.91 Å². The van der Waals surface area contributed by atoms with Crippen molar-refractivity contribution in [3.8, 4) is 5.88 Å². The quantitative estimate of drug-likeness (QED) is 0.937. The summed E-state index contributed by atoms with van der Waals surface area (Å²) < 4.78 is 11.0. The van der Waals surface area contributed by atoms with Crippen LogP contribution in [0.3, 0.4) is 0 Å². The molecule has 1 atom stereocenters. The summed E-state index contributed by atoms with van der Waals surface area (Å²) in [5.74, 6) is 0.710. The summed E-state index contributed by atoms with van der Waals surface area (Å²) in [4.78, 5) is 20.5. The fourth-order valence-corrected chi connectivity index (χ4v) is 2.18. The van der Waals surface area contributed by atoms with Crippen molar-refractivity contribution in [3.05, 3.63) is 47.8 Å². The summed E-state index contributed by atoms with van der Waals surface area (Å²) in [7, 11) is 0. The molecule has 1 fully saturated rings. The second-order valence-corrected chi connectivity index (χ2v) is 5.16. The molecule has 0 aromatic carbocycles. The van der Waals surface area contributed by atoms with E-state index in [-0.39, 0.29) is 12.0 Å². The number of rotatable bonds is 4. The predicted molar refractivity (Wildman–Crippen MR) is 81.0 cm³/mol. The van der Waals surface area contributed by atoms with Crippen LogP contribution in [0.4, 0.5) is 5.82 Å². The van der Waals surface area contributed by atoms with Crippen molar-refractivity contribution >= 4 is 11.7 Å². The van der Waals surface area contributed by atoms with Crippen LogP contribution in [-0.2, 0) is 4.74 Å². The summed E-state index contributed by atoms with van der Waals surface area (Å²) >= 11 is 0. The van der Waals surface area contributed by atoms with Gasteiger partial charge in [0.1, 0.15) is 11.9 Å². The Morgan fingerprint density at radius 3 is 2.95 bits per heavy atom. The molecule has 114 valence electrons. The standard InChI is InChI=1S/C16H17N3O3/c1-11-2-5-17-14(8-11)19-16(20)12-3-6-18-15(9-12)22-13-4-7-21-10-13/h2-3,5-6,8-9,13H,4,7,10H2,1H3,(H,17,19,20)/t13-/m0/s1. The van der Waals surface area contributed by atoms with Crippen molar-refractivity contribution in [2.24, 2.45) is 0 Å². The highest BCUT2D eigenvalue weighted by Gasteiger charge is 2.18. The van der Waals surface area contributed by atoms with Gasteiger partial charge in [0.05, 0.1) is 13.2 Å². The average Bonchev–Trinajstić information content (AvgIpc) is 3.00. The monoisotopic (exact) mass is 299 g/mol. The second-order valence-electron chi connectivity index (χ2n) is 5.16. The summed E-state index contributed by atoms with van der Waals surface area (Å²) in [6.45, 7) is 3.20. The topological polar surface area (TPSA) is 73.3 Å². The van der Waals surface area contributed by atoms with Crippen LogP contribution in [0.15, 0.2) is 36.7 Å². The molecular formula is C16H17N3O3. The van der Waals surface area contributed by atoms with Crippen molar-refractivity contribution in [1.29, 1.82) is 0 Å². The van der Waals surface area contributed by atoms with E-state index in [1.807, 2.05) is 19.1 Å². The highest BCUT2D eigenvalue weighted by Crippen LogP contribution is 2.16. The molecule has 2 aromatic rings. The van der Waals surface area contributed by atoms with E-state index in [1.54, 1.807) is 24.5 Å². The largest absolute Gasteiger partial charge is 0.472 e. The Morgan fingerprint density at radius 1 is 1.32 bits per heavy atom. The zero-order valence-corrected chi connectivity index (χ0v) is 12.3. The maximum atomic E-state index is 12.3. The van der Waals surface area contributed by atoms with Crippen molar-refractivity contribution < 1.29 is 14.3 Å². The SMILES string of the molecule is Cc1ccnc(NC(=O)c2ccnc(O[C@H]3CCOC3)c2)c1. The van der Waals surface area contributed by atoms with Crippen molar-refractivity contribution in [3.63, 3.8) is 0 Å². The van der Waals surface area contributed by atoms with Gasteiger partial charge in [-0.2, -0.15) is 0 Å². The van der Waals surface area contributed by atoms with Gasteiger partial charge in [0, 0.05) is 30.4 Å². The molecule has 0 spiro atoms. The predicted octanol–water partition coefficient (Wildman–Crippen LogP) is 2.21. The third-order valence-corrected chi connectivity index (χ3v) is 3.33. The van der Waals surface area contributed by atoms with Gasteiger partial charge < -0.3 is 14.8 Å². The molecule has 6 heteroatoms. The van der Waals surface area contributed by atoms with Gasteiger partial charge in [0.2, 0.25) is 5.88 Å². The molecule has 0 unspecified atom stereocenters. The molecule has 0 saturated carbocycles. The molecule has 6 nitrogen and oxygen atoms in total. The number of amides is 1. The lowest BCUT2D eigenvalue weighted by atomic mass is 10.2. The van der Waals surface area contributed by atoms with Crippen molar-refractivity contribution in [2.45, 2.75) is 19.4 Å². The number of aryl methyl sites for hydroxylation is 1. The third kappa shape index (κ3) is 3.59. The molecule has 0 aliphatic carbocycles. The summed E-state index contributed by atoms with van der Waals surface area (Å²) in [5.41, 5.74) is 1.51. The minimum Gasteiger partial charge on any atom is -0.472 e. The molecule has 3 heterocycles. The van der Waals surface area contributed by atoms with Crippen LogP contribution in [0, 0.1) is 6.92 Å². The molecule has 1 amide bonds. The van der Waals surface area contributed by atoms with Crippen LogP contribution in [0.2, 0.25) is 0 Å². The molecule has 1 saturated heterocycles. The number of aromatic nitrogens is 2. The van der Waals surface area contributed by atoms with Crippen LogP contribution in [0.5, 0.6) is 5.88 Å². The molecule has 0 bridgehead atoms. The van der Waals surface area contributed by atoms with Gasteiger partial charge in [-0.05, 0) is 30.7 Å². The van der Waals surface area contributed by atoms with E-state index in [2.05, 4.69) is 15.3 Å². The Kier molecular flexibility index (Phi) is 4.29. The van der Waals surface area contributed by atoms with E-state index in [4.69, 9.17) is 9.47 Å². The first-order chi connectivity index (χ1) is 10.7. The maximum absolute atomic E-state index is 12.3. The Balaban J connectivity index is 1.69. The lowest BCUT2D eigenvalue weighted by Gasteiger charge is -2.11. The molecule has 3 rings (SSSR count). The number of ether oxygens (including phenoxy) is 2. The summed E-state index contributed by atoms with van der Waals surface area (Å²) in [5, 5.41) is 2.76. The fourth-order valence-electron chi connectivity index (χ4n) is 2.18. The number of carbonyl (C=O) groups excluding carboxylic acids is 1. The number of hydrogen-bond donors (Lipinski definition) is 1. The first-order valence-electron chi connectivity index (χ1n) is 7.15. The van der Waals surface area contributed by atoms with E-state index in [0.29, 0.717) is 30.5 Å². The van der Waals surface area contributed by atoms with Crippen LogP contribution < -0.4 is 10.1 Å². The third-order valence-electron chi connectivity index (χ3n) is 3.33. The van der Waals surface area contributed by atoms with Gasteiger partial charge in [-0.3, -0.25) is 4.79 Å². The van der Waals surface area contributed by atoms with Gasteiger partial charge in [0.15, 0.2) is 0 Å². The number of hydrogen-bond acceptors (Lipinski definition) is 5. The lowest BCUT2D eigenvalue weighted by Crippen LogP contribution is -2.17.